The fourth-order valence-electron chi connectivity index (χ4n) is 1.98. The van der Waals surface area contributed by atoms with Crippen LogP contribution in [0.4, 0.5) is 0 Å². The second-order valence-electron chi connectivity index (χ2n) is 4.78. The van der Waals surface area contributed by atoms with Gasteiger partial charge in [0.05, 0.1) is 18.3 Å². The van der Waals surface area contributed by atoms with E-state index in [1.165, 1.54) is 0 Å². The molecule has 0 amide bonds. The zero-order valence-corrected chi connectivity index (χ0v) is 10.0. The molecule has 0 unspecified atom stereocenters. The van der Waals surface area contributed by atoms with Crippen LogP contribution in [-0.4, -0.2) is 29.5 Å². The van der Waals surface area contributed by atoms with Gasteiger partial charge in [-0.15, -0.1) is 0 Å². The monoisotopic (exact) mass is 215 g/mol. The molecule has 0 radical (unpaired) electrons. The summed E-state index contributed by atoms with van der Waals surface area (Å²) < 4.78 is 5.77. The van der Waals surface area contributed by atoms with E-state index in [0.717, 1.165) is 38.5 Å². The molecule has 0 spiro atoms. The number of ether oxygens (including phenoxy) is 1. The van der Waals surface area contributed by atoms with Crippen LogP contribution in [0.1, 0.15) is 52.4 Å². The molecule has 1 aliphatic carbocycles. The molecule has 0 heterocycles. The summed E-state index contributed by atoms with van der Waals surface area (Å²) in [6, 6.07) is 0.362. The third-order valence-corrected chi connectivity index (χ3v) is 3.62. The number of rotatable bonds is 5. The highest BCUT2D eigenvalue weighted by atomic mass is 16.5. The molecule has 0 aromatic rings. The summed E-state index contributed by atoms with van der Waals surface area (Å²) in [6.07, 6.45) is 6.04. The van der Waals surface area contributed by atoms with E-state index >= 15 is 0 Å². The molecular formula is C12H25NO2. The first kappa shape index (κ1) is 12.9. The van der Waals surface area contributed by atoms with Crippen molar-refractivity contribution in [2.45, 2.75) is 70.1 Å². The largest absolute Gasteiger partial charge is 0.388 e. The summed E-state index contributed by atoms with van der Waals surface area (Å²) in [6.45, 7) is 4.48. The van der Waals surface area contributed by atoms with Crippen LogP contribution in [0.25, 0.3) is 0 Å². The maximum Gasteiger partial charge on any atom is 0.0875 e. The van der Waals surface area contributed by atoms with Gasteiger partial charge in [0.25, 0.3) is 0 Å². The molecular weight excluding hydrogens is 190 g/mol. The molecule has 0 aromatic carbocycles. The Bertz CT molecular complexity index is 172. The van der Waals surface area contributed by atoms with Crippen LogP contribution >= 0.6 is 0 Å². The first-order valence-corrected chi connectivity index (χ1v) is 6.19. The van der Waals surface area contributed by atoms with Gasteiger partial charge in [0.1, 0.15) is 0 Å². The van der Waals surface area contributed by atoms with Gasteiger partial charge in [0.15, 0.2) is 0 Å². The van der Waals surface area contributed by atoms with Crippen LogP contribution < -0.4 is 5.73 Å². The van der Waals surface area contributed by atoms with E-state index in [-0.39, 0.29) is 0 Å². The second kappa shape index (κ2) is 5.83. The fraction of sp³-hybridized carbons (Fsp3) is 1.00. The Morgan fingerprint density at radius 2 is 1.73 bits per heavy atom. The topological polar surface area (TPSA) is 55.5 Å². The molecule has 1 fully saturated rings. The van der Waals surface area contributed by atoms with Crippen LogP contribution in [0.2, 0.25) is 0 Å². The Balaban J connectivity index is 2.24. The van der Waals surface area contributed by atoms with E-state index < -0.39 is 5.60 Å². The standard InChI is InChI=1S/C12H25NO2/c1-3-12(14,4-2)9-15-11-7-5-10(13)6-8-11/h10-11,14H,3-9,13H2,1-2H3. The summed E-state index contributed by atoms with van der Waals surface area (Å²) in [7, 11) is 0. The summed E-state index contributed by atoms with van der Waals surface area (Å²) in [5.74, 6) is 0. The first-order chi connectivity index (χ1) is 7.09. The highest BCUT2D eigenvalue weighted by Gasteiger charge is 2.26. The SMILES string of the molecule is CCC(O)(CC)COC1CCC(N)CC1. The average molecular weight is 215 g/mol. The first-order valence-electron chi connectivity index (χ1n) is 6.19. The molecule has 3 heteroatoms. The lowest BCUT2D eigenvalue weighted by atomic mass is 9.93. The Kier molecular flexibility index (Phi) is 5.03. The van der Waals surface area contributed by atoms with Crippen LogP contribution in [0.3, 0.4) is 0 Å². The minimum Gasteiger partial charge on any atom is -0.388 e. The van der Waals surface area contributed by atoms with E-state index in [0.29, 0.717) is 18.8 Å². The molecule has 0 atom stereocenters. The van der Waals surface area contributed by atoms with Gasteiger partial charge >= 0.3 is 0 Å². The molecule has 0 bridgehead atoms. The van der Waals surface area contributed by atoms with Crippen molar-refractivity contribution in [3.63, 3.8) is 0 Å². The van der Waals surface area contributed by atoms with E-state index in [1.807, 2.05) is 13.8 Å². The molecule has 0 aromatic heterocycles. The maximum atomic E-state index is 10.1. The minimum absolute atomic E-state index is 0.314. The highest BCUT2D eigenvalue weighted by molar-refractivity contribution is 4.78. The van der Waals surface area contributed by atoms with Crippen molar-refractivity contribution in [2.24, 2.45) is 5.73 Å². The molecule has 1 aliphatic rings. The number of hydrogen-bond acceptors (Lipinski definition) is 3. The van der Waals surface area contributed by atoms with E-state index in [9.17, 15) is 5.11 Å². The van der Waals surface area contributed by atoms with Crippen LogP contribution in [0, 0.1) is 0 Å². The van der Waals surface area contributed by atoms with Gasteiger partial charge in [0, 0.05) is 6.04 Å². The minimum atomic E-state index is -0.625. The lowest BCUT2D eigenvalue weighted by Gasteiger charge is -2.31. The Morgan fingerprint density at radius 1 is 1.20 bits per heavy atom. The summed E-state index contributed by atoms with van der Waals surface area (Å²) in [5.41, 5.74) is 5.20. The van der Waals surface area contributed by atoms with Crippen molar-refractivity contribution >= 4 is 0 Å². The van der Waals surface area contributed by atoms with E-state index in [4.69, 9.17) is 10.5 Å². The van der Waals surface area contributed by atoms with Gasteiger partial charge in [-0.05, 0) is 38.5 Å². The molecule has 90 valence electrons. The third-order valence-electron chi connectivity index (χ3n) is 3.62. The predicted molar refractivity (Wildman–Crippen MR) is 61.7 cm³/mol. The van der Waals surface area contributed by atoms with Gasteiger partial charge in [-0.2, -0.15) is 0 Å². The van der Waals surface area contributed by atoms with Crippen molar-refractivity contribution in [2.75, 3.05) is 6.61 Å². The average Bonchev–Trinajstić information content (AvgIpc) is 2.28. The van der Waals surface area contributed by atoms with Crippen molar-refractivity contribution in [3.8, 4) is 0 Å². The normalized spacial score (nSPS) is 28.0. The Morgan fingerprint density at radius 3 is 2.20 bits per heavy atom. The molecule has 3 nitrogen and oxygen atoms in total. The maximum absolute atomic E-state index is 10.1. The lowest BCUT2D eigenvalue weighted by molar-refractivity contribution is -0.0850. The van der Waals surface area contributed by atoms with Crippen molar-refractivity contribution < 1.29 is 9.84 Å². The van der Waals surface area contributed by atoms with Gasteiger partial charge in [-0.25, -0.2) is 0 Å². The van der Waals surface area contributed by atoms with Crippen molar-refractivity contribution in [3.05, 3.63) is 0 Å². The Labute approximate surface area is 93.0 Å². The second-order valence-corrected chi connectivity index (χ2v) is 4.78. The quantitative estimate of drug-likeness (QED) is 0.735. The molecule has 0 aliphatic heterocycles. The summed E-state index contributed by atoms with van der Waals surface area (Å²) in [5, 5.41) is 10.1. The van der Waals surface area contributed by atoms with Crippen LogP contribution in [0.15, 0.2) is 0 Å². The Hall–Kier alpha value is -0.120. The molecule has 1 rings (SSSR count). The van der Waals surface area contributed by atoms with Gasteiger partial charge in [-0.1, -0.05) is 13.8 Å². The van der Waals surface area contributed by atoms with Crippen molar-refractivity contribution in [1.29, 1.82) is 0 Å². The zero-order chi connectivity index (χ0) is 11.3. The number of aliphatic hydroxyl groups is 1. The van der Waals surface area contributed by atoms with Gasteiger partial charge in [0.2, 0.25) is 0 Å². The van der Waals surface area contributed by atoms with Crippen LogP contribution in [-0.2, 0) is 4.74 Å². The molecule has 15 heavy (non-hydrogen) atoms. The number of hydrogen-bond donors (Lipinski definition) is 2. The lowest BCUT2D eigenvalue weighted by Crippen LogP contribution is -2.37. The summed E-state index contributed by atoms with van der Waals surface area (Å²) in [4.78, 5) is 0. The highest BCUT2D eigenvalue weighted by Crippen LogP contribution is 2.22. The van der Waals surface area contributed by atoms with E-state index in [2.05, 4.69) is 0 Å². The molecule has 3 N–H and O–H groups in total. The van der Waals surface area contributed by atoms with Gasteiger partial charge < -0.3 is 15.6 Å². The van der Waals surface area contributed by atoms with E-state index in [1.54, 1.807) is 0 Å². The third kappa shape index (κ3) is 4.09. The fourth-order valence-corrected chi connectivity index (χ4v) is 1.98. The smallest absolute Gasteiger partial charge is 0.0875 e. The predicted octanol–water partition coefficient (Wildman–Crippen LogP) is 1.82. The van der Waals surface area contributed by atoms with Crippen molar-refractivity contribution in [1.82, 2.24) is 0 Å². The number of nitrogens with two attached hydrogens (primary N) is 1. The zero-order valence-electron chi connectivity index (χ0n) is 10.0. The molecule has 0 saturated heterocycles. The van der Waals surface area contributed by atoms with Gasteiger partial charge in [-0.3, -0.25) is 0 Å². The summed E-state index contributed by atoms with van der Waals surface area (Å²) >= 11 is 0. The molecule has 1 saturated carbocycles. The van der Waals surface area contributed by atoms with Crippen LogP contribution in [0.5, 0.6) is 0 Å².